The molecular weight excluding hydrogens is 306 g/mol. The van der Waals surface area contributed by atoms with E-state index in [2.05, 4.69) is 15.6 Å². The van der Waals surface area contributed by atoms with E-state index >= 15 is 0 Å². The maximum absolute atomic E-state index is 12.2. The largest absolute Gasteiger partial charge is 0.478 e. The van der Waals surface area contributed by atoms with Crippen molar-refractivity contribution in [2.24, 2.45) is 0 Å². The van der Waals surface area contributed by atoms with Gasteiger partial charge >= 0.3 is 12.0 Å². The van der Waals surface area contributed by atoms with Crippen LogP contribution in [0.1, 0.15) is 16.1 Å². The number of pyridine rings is 1. The van der Waals surface area contributed by atoms with Gasteiger partial charge in [0.2, 0.25) is 0 Å². The van der Waals surface area contributed by atoms with E-state index in [4.69, 9.17) is 5.11 Å². The van der Waals surface area contributed by atoms with Crippen LogP contribution < -0.4 is 10.6 Å². The molecule has 2 aromatic carbocycles. The van der Waals surface area contributed by atoms with E-state index in [1.54, 1.807) is 18.2 Å². The molecule has 0 spiro atoms. The number of carbonyl (C=O) groups is 2. The average Bonchev–Trinajstić information content (AvgIpc) is 2.55. The number of rotatable bonds is 3. The monoisotopic (exact) mass is 321 g/mol. The third-order valence-corrected chi connectivity index (χ3v) is 3.48. The molecule has 0 unspecified atom stereocenters. The Kier molecular flexibility index (Phi) is 4.11. The summed E-state index contributed by atoms with van der Waals surface area (Å²) in [4.78, 5) is 27.4. The molecule has 0 saturated heterocycles. The number of carboxylic acid groups (broad SMARTS) is 1. The molecule has 1 heterocycles. The van der Waals surface area contributed by atoms with Crippen LogP contribution in [-0.4, -0.2) is 22.1 Å². The highest BCUT2D eigenvalue weighted by molar-refractivity contribution is 6.05. The number of aryl methyl sites for hydroxylation is 1. The summed E-state index contributed by atoms with van der Waals surface area (Å²) in [6.07, 6.45) is 0. The van der Waals surface area contributed by atoms with Crippen LogP contribution in [0, 0.1) is 6.92 Å². The molecule has 1 aromatic heterocycles. The van der Waals surface area contributed by atoms with E-state index in [0.717, 1.165) is 16.6 Å². The predicted octanol–water partition coefficient (Wildman–Crippen LogP) is 3.89. The van der Waals surface area contributed by atoms with Gasteiger partial charge in [-0.05, 0) is 43.3 Å². The Balaban J connectivity index is 1.79. The van der Waals surface area contributed by atoms with Crippen LogP contribution in [0.2, 0.25) is 0 Å². The third-order valence-electron chi connectivity index (χ3n) is 3.48. The number of anilines is 2. The minimum atomic E-state index is -1.01. The first kappa shape index (κ1) is 15.5. The number of benzene rings is 2. The lowest BCUT2D eigenvalue weighted by molar-refractivity contribution is 0.0697. The van der Waals surface area contributed by atoms with E-state index < -0.39 is 12.0 Å². The highest BCUT2D eigenvalue weighted by atomic mass is 16.4. The molecule has 0 aliphatic carbocycles. The molecule has 0 aliphatic heterocycles. The van der Waals surface area contributed by atoms with Crippen molar-refractivity contribution in [2.45, 2.75) is 6.92 Å². The van der Waals surface area contributed by atoms with E-state index in [-0.39, 0.29) is 5.56 Å². The van der Waals surface area contributed by atoms with Crippen molar-refractivity contribution in [3.05, 3.63) is 65.9 Å². The molecule has 0 saturated carbocycles. The highest BCUT2D eigenvalue weighted by Crippen LogP contribution is 2.23. The van der Waals surface area contributed by atoms with Gasteiger partial charge in [-0.15, -0.1) is 0 Å². The first-order valence-corrected chi connectivity index (χ1v) is 7.31. The highest BCUT2D eigenvalue weighted by Gasteiger charge is 2.08. The number of hydrogen-bond donors (Lipinski definition) is 3. The summed E-state index contributed by atoms with van der Waals surface area (Å²) >= 11 is 0. The third kappa shape index (κ3) is 3.33. The van der Waals surface area contributed by atoms with Crippen LogP contribution in [0.5, 0.6) is 0 Å². The molecule has 6 heteroatoms. The Bertz CT molecular complexity index is 920. The van der Waals surface area contributed by atoms with Gasteiger partial charge in [-0.2, -0.15) is 0 Å². The molecule has 120 valence electrons. The molecule has 0 bridgehead atoms. The summed E-state index contributed by atoms with van der Waals surface area (Å²) in [5.74, 6) is -1.01. The van der Waals surface area contributed by atoms with Crippen molar-refractivity contribution in [1.29, 1.82) is 0 Å². The second-order valence-electron chi connectivity index (χ2n) is 5.29. The fraction of sp³-hybridized carbons (Fsp3) is 0.0556. The number of carbonyl (C=O) groups excluding carboxylic acids is 1. The second-order valence-corrected chi connectivity index (χ2v) is 5.29. The lowest BCUT2D eigenvalue weighted by Gasteiger charge is -2.11. The molecule has 0 aliphatic rings. The van der Waals surface area contributed by atoms with E-state index in [0.29, 0.717) is 11.4 Å². The number of aromatic carboxylic acids is 1. The summed E-state index contributed by atoms with van der Waals surface area (Å²) in [6, 6.07) is 14.9. The predicted molar refractivity (Wildman–Crippen MR) is 92.5 cm³/mol. The first-order valence-electron chi connectivity index (χ1n) is 7.31. The van der Waals surface area contributed by atoms with Crippen molar-refractivity contribution >= 4 is 34.3 Å². The van der Waals surface area contributed by atoms with Crippen molar-refractivity contribution in [3.63, 3.8) is 0 Å². The zero-order valence-electron chi connectivity index (χ0n) is 12.9. The summed E-state index contributed by atoms with van der Waals surface area (Å²) in [5, 5.41) is 15.2. The van der Waals surface area contributed by atoms with Crippen molar-refractivity contribution in [3.8, 4) is 0 Å². The molecule has 0 fully saturated rings. The normalized spacial score (nSPS) is 10.4. The molecule has 3 aromatic rings. The number of nitrogens with zero attached hydrogens (tertiary/aromatic N) is 1. The quantitative estimate of drug-likeness (QED) is 0.682. The standard InChI is InChI=1S/C18H15N3O3/c1-11-10-16(14-4-2-3-5-15(14)19-11)21-18(24)20-13-8-6-12(7-9-13)17(22)23/h2-10H,1H3,(H,22,23)(H2,19,20,21,24). The lowest BCUT2D eigenvalue weighted by atomic mass is 10.1. The van der Waals surface area contributed by atoms with Crippen LogP contribution in [0.3, 0.4) is 0 Å². The van der Waals surface area contributed by atoms with Gasteiger partial charge in [-0.25, -0.2) is 9.59 Å². The lowest BCUT2D eigenvalue weighted by Crippen LogP contribution is -2.19. The maximum atomic E-state index is 12.2. The van der Waals surface area contributed by atoms with Gasteiger partial charge in [0.15, 0.2) is 0 Å². The molecule has 0 atom stereocenters. The number of para-hydroxylation sites is 1. The Morgan fingerprint density at radius 1 is 1.00 bits per heavy atom. The van der Waals surface area contributed by atoms with Gasteiger partial charge in [-0.3, -0.25) is 4.98 Å². The fourth-order valence-electron chi connectivity index (χ4n) is 2.39. The molecule has 0 radical (unpaired) electrons. The van der Waals surface area contributed by atoms with Crippen LogP contribution in [0.25, 0.3) is 10.9 Å². The van der Waals surface area contributed by atoms with E-state index in [1.807, 2.05) is 31.2 Å². The zero-order chi connectivity index (χ0) is 17.1. The summed E-state index contributed by atoms with van der Waals surface area (Å²) in [5.41, 5.74) is 2.94. The number of nitrogens with one attached hydrogen (secondary N) is 2. The number of aromatic nitrogens is 1. The number of fused-ring (bicyclic) bond motifs is 1. The smallest absolute Gasteiger partial charge is 0.335 e. The maximum Gasteiger partial charge on any atom is 0.335 e. The van der Waals surface area contributed by atoms with Gasteiger partial charge in [0, 0.05) is 16.8 Å². The van der Waals surface area contributed by atoms with E-state index in [1.165, 1.54) is 12.1 Å². The summed E-state index contributed by atoms with van der Waals surface area (Å²) < 4.78 is 0. The van der Waals surface area contributed by atoms with Gasteiger partial charge in [-0.1, -0.05) is 18.2 Å². The zero-order valence-corrected chi connectivity index (χ0v) is 12.9. The Morgan fingerprint density at radius 2 is 1.71 bits per heavy atom. The molecular formula is C18H15N3O3. The Labute approximate surface area is 138 Å². The van der Waals surface area contributed by atoms with Crippen molar-refractivity contribution in [1.82, 2.24) is 4.98 Å². The van der Waals surface area contributed by atoms with Crippen molar-refractivity contribution in [2.75, 3.05) is 10.6 Å². The molecule has 3 N–H and O–H groups in total. The Morgan fingerprint density at radius 3 is 2.42 bits per heavy atom. The first-order chi connectivity index (χ1) is 11.5. The number of urea groups is 1. The summed E-state index contributed by atoms with van der Waals surface area (Å²) in [7, 11) is 0. The second kappa shape index (κ2) is 6.37. The van der Waals surface area contributed by atoms with E-state index in [9.17, 15) is 9.59 Å². The summed E-state index contributed by atoms with van der Waals surface area (Å²) in [6.45, 7) is 1.86. The van der Waals surface area contributed by atoms with Gasteiger partial charge < -0.3 is 15.7 Å². The fourth-order valence-corrected chi connectivity index (χ4v) is 2.39. The number of hydrogen-bond acceptors (Lipinski definition) is 3. The minimum Gasteiger partial charge on any atom is -0.478 e. The van der Waals surface area contributed by atoms with Crippen LogP contribution in [-0.2, 0) is 0 Å². The SMILES string of the molecule is Cc1cc(NC(=O)Nc2ccc(C(=O)O)cc2)c2ccccc2n1. The van der Waals surface area contributed by atoms with Gasteiger partial charge in [0.25, 0.3) is 0 Å². The van der Waals surface area contributed by atoms with Crippen LogP contribution in [0.15, 0.2) is 54.6 Å². The number of amides is 2. The molecule has 2 amide bonds. The van der Waals surface area contributed by atoms with Crippen molar-refractivity contribution < 1.29 is 14.7 Å². The Hall–Kier alpha value is -3.41. The van der Waals surface area contributed by atoms with Gasteiger partial charge in [0.1, 0.15) is 0 Å². The average molecular weight is 321 g/mol. The molecule has 6 nitrogen and oxygen atoms in total. The van der Waals surface area contributed by atoms with Crippen LogP contribution in [0.4, 0.5) is 16.2 Å². The topological polar surface area (TPSA) is 91.3 Å². The number of carboxylic acids is 1. The molecule has 24 heavy (non-hydrogen) atoms. The van der Waals surface area contributed by atoms with Gasteiger partial charge in [0.05, 0.1) is 16.8 Å². The minimum absolute atomic E-state index is 0.164. The van der Waals surface area contributed by atoms with Crippen LogP contribution >= 0.6 is 0 Å². The molecule has 3 rings (SSSR count).